The van der Waals surface area contributed by atoms with E-state index in [1.54, 1.807) is 18.2 Å². The van der Waals surface area contributed by atoms with Crippen LogP contribution >= 0.6 is 23.2 Å². The lowest BCUT2D eigenvalue weighted by Gasteiger charge is -2.17. The van der Waals surface area contributed by atoms with E-state index in [0.717, 1.165) is 11.1 Å². The third kappa shape index (κ3) is 5.46. The van der Waals surface area contributed by atoms with Crippen molar-refractivity contribution in [3.05, 3.63) is 80.6 Å². The molecule has 0 unspecified atom stereocenters. The number of methoxy groups -OCH3 is 2. The summed E-state index contributed by atoms with van der Waals surface area (Å²) in [5.41, 5.74) is 3.11. The predicted molar refractivity (Wildman–Crippen MR) is 128 cm³/mol. The maximum atomic E-state index is 13.2. The van der Waals surface area contributed by atoms with Gasteiger partial charge in [-0.2, -0.15) is 0 Å². The molecule has 3 rings (SSSR count). The number of ketones is 2. The van der Waals surface area contributed by atoms with Gasteiger partial charge in [0.05, 0.1) is 29.8 Å². The van der Waals surface area contributed by atoms with E-state index >= 15 is 0 Å². The second-order valence-corrected chi connectivity index (χ2v) is 8.20. The molecule has 0 saturated carbocycles. The summed E-state index contributed by atoms with van der Waals surface area (Å²) in [4.78, 5) is 30.0. The normalized spacial score (nSPS) is 10.6. The molecule has 0 aliphatic carbocycles. The van der Waals surface area contributed by atoms with Crippen LogP contribution in [0.5, 0.6) is 17.2 Å². The smallest absolute Gasteiger partial charge is 0.204 e. The topological polar surface area (TPSA) is 74.7 Å². The molecule has 2 aromatic carbocycles. The lowest BCUT2D eigenvalue weighted by molar-refractivity contribution is 0.0907. The molecular weight excluding hydrogens is 465 g/mol. The Bertz CT molecular complexity index is 1190. The van der Waals surface area contributed by atoms with Gasteiger partial charge in [-0.1, -0.05) is 47.0 Å². The number of hydrogen-bond acceptors (Lipinski definition) is 6. The Labute approximate surface area is 202 Å². The zero-order valence-corrected chi connectivity index (χ0v) is 20.2. The van der Waals surface area contributed by atoms with Crippen LogP contribution in [0.2, 0.25) is 10.0 Å². The van der Waals surface area contributed by atoms with E-state index in [0.29, 0.717) is 16.9 Å². The Kier molecular flexibility index (Phi) is 7.95. The summed E-state index contributed by atoms with van der Waals surface area (Å²) < 4.78 is 16.7. The van der Waals surface area contributed by atoms with E-state index in [2.05, 4.69) is 4.98 Å². The number of Topliss-reactive ketones (excluding diaryl/α,β-unsaturated/α-hetero) is 2. The molecule has 172 valence electrons. The van der Waals surface area contributed by atoms with Gasteiger partial charge in [0.25, 0.3) is 0 Å². The van der Waals surface area contributed by atoms with Gasteiger partial charge in [-0.05, 0) is 31.5 Å². The summed E-state index contributed by atoms with van der Waals surface area (Å²) in [5, 5.41) is 0.563. The fraction of sp³-hybridized carbons (Fsp3) is 0.240. The van der Waals surface area contributed by atoms with Crippen LogP contribution in [0.3, 0.4) is 0 Å². The molecule has 0 aliphatic heterocycles. The molecule has 0 atom stereocenters. The first-order valence-electron chi connectivity index (χ1n) is 10.1. The minimum Gasteiger partial charge on any atom is -0.493 e. The first-order valence-corrected chi connectivity index (χ1v) is 10.8. The number of halogens is 2. The Morgan fingerprint density at radius 1 is 0.879 bits per heavy atom. The summed E-state index contributed by atoms with van der Waals surface area (Å²) in [7, 11) is 2.90. The highest BCUT2D eigenvalue weighted by atomic mass is 35.5. The maximum Gasteiger partial charge on any atom is 0.204 e. The monoisotopic (exact) mass is 487 g/mol. The summed E-state index contributed by atoms with van der Waals surface area (Å²) >= 11 is 12.4. The van der Waals surface area contributed by atoms with Gasteiger partial charge in [0.1, 0.15) is 0 Å². The molecule has 0 N–H and O–H groups in total. The number of carbonyl (C=O) groups excluding carboxylic acids is 2. The number of rotatable bonds is 9. The van der Waals surface area contributed by atoms with Crippen LogP contribution in [0.15, 0.2) is 42.7 Å². The summed E-state index contributed by atoms with van der Waals surface area (Å²) in [5.74, 6) is 0.142. The van der Waals surface area contributed by atoms with Gasteiger partial charge in [-0.25, -0.2) is 0 Å². The molecular formula is C25H23Cl2NO5. The zero-order chi connectivity index (χ0) is 24.1. The second kappa shape index (κ2) is 10.7. The molecule has 6 nitrogen and oxygen atoms in total. The summed E-state index contributed by atoms with van der Waals surface area (Å²) in [6.07, 6.45) is 2.76. The molecule has 0 saturated heterocycles. The Balaban J connectivity index is 1.95. The lowest BCUT2D eigenvalue weighted by atomic mass is 10.0. The van der Waals surface area contributed by atoms with Crippen molar-refractivity contribution in [3.8, 4) is 17.2 Å². The highest BCUT2D eigenvalue weighted by Crippen LogP contribution is 2.41. The highest BCUT2D eigenvalue weighted by Gasteiger charge is 2.24. The van der Waals surface area contributed by atoms with Gasteiger partial charge in [-0.3, -0.25) is 14.6 Å². The van der Waals surface area contributed by atoms with Gasteiger partial charge < -0.3 is 14.2 Å². The molecule has 0 fully saturated rings. The molecule has 0 radical (unpaired) electrons. The van der Waals surface area contributed by atoms with Crippen molar-refractivity contribution in [2.24, 2.45) is 0 Å². The standard InChI is InChI=1S/C25H23Cl2NO5/c1-14-5-6-16(15(2)9-14)22(30)13-33-24-17(7-8-23(31-3)25(24)32-4)21(29)10-18-19(26)11-28-12-20(18)27/h5-9,11-12H,10,13H2,1-4H3. The van der Waals surface area contributed by atoms with Crippen molar-refractivity contribution >= 4 is 34.8 Å². The van der Waals surface area contributed by atoms with E-state index in [4.69, 9.17) is 37.4 Å². The molecule has 0 bridgehead atoms. The van der Waals surface area contributed by atoms with E-state index < -0.39 is 0 Å². The average molecular weight is 488 g/mol. The van der Waals surface area contributed by atoms with Crippen LogP contribution in [0.1, 0.15) is 37.4 Å². The zero-order valence-electron chi connectivity index (χ0n) is 18.7. The van der Waals surface area contributed by atoms with Gasteiger partial charge in [0.15, 0.2) is 29.7 Å². The number of nitrogens with zero attached hydrogens (tertiary/aromatic N) is 1. The van der Waals surface area contributed by atoms with Gasteiger partial charge >= 0.3 is 0 Å². The van der Waals surface area contributed by atoms with Crippen molar-refractivity contribution in [2.45, 2.75) is 20.3 Å². The van der Waals surface area contributed by atoms with Crippen molar-refractivity contribution in [1.29, 1.82) is 0 Å². The van der Waals surface area contributed by atoms with E-state index in [9.17, 15) is 9.59 Å². The number of ether oxygens (including phenoxy) is 3. The number of carbonyl (C=O) groups is 2. The SMILES string of the molecule is COc1ccc(C(=O)Cc2c(Cl)cncc2Cl)c(OCC(=O)c2ccc(C)cc2C)c1OC. The van der Waals surface area contributed by atoms with Crippen molar-refractivity contribution in [3.63, 3.8) is 0 Å². The van der Waals surface area contributed by atoms with Crippen molar-refractivity contribution in [2.75, 3.05) is 20.8 Å². The van der Waals surface area contributed by atoms with Crippen LogP contribution in [0.4, 0.5) is 0 Å². The minimum absolute atomic E-state index is 0.0863. The molecule has 33 heavy (non-hydrogen) atoms. The lowest BCUT2D eigenvalue weighted by Crippen LogP contribution is -2.16. The largest absolute Gasteiger partial charge is 0.493 e. The van der Waals surface area contributed by atoms with Crippen LogP contribution in [0.25, 0.3) is 0 Å². The second-order valence-electron chi connectivity index (χ2n) is 7.39. The number of hydrogen-bond donors (Lipinski definition) is 0. The Morgan fingerprint density at radius 3 is 2.15 bits per heavy atom. The Hall–Kier alpha value is -3.09. The first kappa shape index (κ1) is 24.6. The predicted octanol–water partition coefficient (Wildman–Crippen LogP) is 5.71. The van der Waals surface area contributed by atoms with Gasteiger partial charge in [0.2, 0.25) is 5.75 Å². The molecule has 1 aromatic heterocycles. The Morgan fingerprint density at radius 2 is 1.55 bits per heavy atom. The van der Waals surface area contributed by atoms with Gasteiger partial charge in [0, 0.05) is 29.9 Å². The molecule has 0 amide bonds. The van der Waals surface area contributed by atoms with Crippen LogP contribution in [-0.4, -0.2) is 37.4 Å². The molecule has 8 heteroatoms. The maximum absolute atomic E-state index is 13.2. The molecule has 0 spiro atoms. The van der Waals surface area contributed by atoms with E-state index in [1.165, 1.54) is 26.6 Å². The number of pyridine rings is 1. The third-order valence-electron chi connectivity index (χ3n) is 5.12. The van der Waals surface area contributed by atoms with Crippen LogP contribution in [-0.2, 0) is 6.42 Å². The fourth-order valence-corrected chi connectivity index (χ4v) is 3.96. The quantitative estimate of drug-likeness (QED) is 0.359. The number of aromatic nitrogens is 1. The molecule has 1 heterocycles. The number of aryl methyl sites for hydroxylation is 2. The van der Waals surface area contributed by atoms with Crippen LogP contribution < -0.4 is 14.2 Å². The van der Waals surface area contributed by atoms with E-state index in [1.807, 2.05) is 26.0 Å². The fourth-order valence-electron chi connectivity index (χ4n) is 3.47. The minimum atomic E-state index is -0.320. The van der Waals surface area contributed by atoms with E-state index in [-0.39, 0.29) is 51.7 Å². The summed E-state index contributed by atoms with van der Waals surface area (Å²) in [6, 6.07) is 8.71. The number of benzene rings is 2. The first-order chi connectivity index (χ1) is 15.8. The highest BCUT2D eigenvalue weighted by molar-refractivity contribution is 6.36. The average Bonchev–Trinajstić information content (AvgIpc) is 2.79. The van der Waals surface area contributed by atoms with Crippen molar-refractivity contribution in [1.82, 2.24) is 4.98 Å². The van der Waals surface area contributed by atoms with Gasteiger partial charge in [-0.15, -0.1) is 0 Å². The molecule has 0 aliphatic rings. The third-order valence-corrected chi connectivity index (χ3v) is 5.77. The van der Waals surface area contributed by atoms with Crippen LogP contribution in [0, 0.1) is 13.8 Å². The van der Waals surface area contributed by atoms with Crippen molar-refractivity contribution < 1.29 is 23.8 Å². The summed E-state index contributed by atoms with van der Waals surface area (Å²) in [6.45, 7) is 3.53. The molecule has 3 aromatic rings.